The lowest BCUT2D eigenvalue weighted by Gasteiger charge is -2.22. The zero-order valence-electron chi connectivity index (χ0n) is 9.04. The van der Waals surface area contributed by atoms with Crippen LogP contribution in [0.3, 0.4) is 0 Å². The third-order valence-corrected chi connectivity index (χ3v) is 1.96. The molecule has 8 nitrogen and oxygen atoms in total. The lowest BCUT2D eigenvalue weighted by atomic mass is 10.2. The number of aryl methyl sites for hydroxylation is 1. The molecule has 0 bridgehead atoms. The average Bonchev–Trinajstić information content (AvgIpc) is 2.64. The number of nitrogens with zero attached hydrogens (tertiary/aromatic N) is 4. The van der Waals surface area contributed by atoms with Gasteiger partial charge in [-0.05, 0) is 5.21 Å². The van der Waals surface area contributed by atoms with Crippen LogP contribution in [0.4, 0.5) is 0 Å². The fourth-order valence-corrected chi connectivity index (χ4v) is 1.26. The van der Waals surface area contributed by atoms with E-state index in [2.05, 4.69) is 20.8 Å². The summed E-state index contributed by atoms with van der Waals surface area (Å²) in [5.74, 6) is 5.97. The van der Waals surface area contributed by atoms with Crippen molar-refractivity contribution in [3.05, 3.63) is 5.82 Å². The molecule has 0 radical (unpaired) electrons. The van der Waals surface area contributed by atoms with E-state index in [1.807, 2.05) is 0 Å². The standard InChI is InChI=1S/C7H16N6O2/c1-13-11-6(10-12-13)4-5(9-8)7(14-2)15-3/h5,7,9H,4,8H2,1-3H3. The van der Waals surface area contributed by atoms with E-state index in [0.29, 0.717) is 12.2 Å². The predicted octanol–water partition coefficient (Wildman–Crippen LogP) is -1.80. The van der Waals surface area contributed by atoms with E-state index in [-0.39, 0.29) is 6.04 Å². The van der Waals surface area contributed by atoms with Gasteiger partial charge in [0.2, 0.25) is 0 Å². The van der Waals surface area contributed by atoms with Crippen LogP contribution in [-0.4, -0.2) is 46.8 Å². The molecule has 0 saturated heterocycles. The summed E-state index contributed by atoms with van der Waals surface area (Å²) in [5.41, 5.74) is 2.59. The molecule has 3 N–H and O–H groups in total. The lowest BCUT2D eigenvalue weighted by molar-refractivity contribution is -0.123. The molecule has 1 atom stereocenters. The summed E-state index contributed by atoms with van der Waals surface area (Å²) in [4.78, 5) is 1.39. The highest BCUT2D eigenvalue weighted by Crippen LogP contribution is 2.03. The topological polar surface area (TPSA) is 100 Å². The van der Waals surface area contributed by atoms with E-state index < -0.39 is 6.29 Å². The Morgan fingerprint density at radius 1 is 1.47 bits per heavy atom. The zero-order valence-corrected chi connectivity index (χ0v) is 9.04. The number of hydrogen-bond donors (Lipinski definition) is 2. The van der Waals surface area contributed by atoms with Crippen LogP contribution in [-0.2, 0) is 22.9 Å². The monoisotopic (exact) mass is 216 g/mol. The largest absolute Gasteiger partial charge is 0.354 e. The van der Waals surface area contributed by atoms with Crippen LogP contribution in [0.1, 0.15) is 5.82 Å². The number of nitrogens with two attached hydrogens (primary N) is 1. The third-order valence-electron chi connectivity index (χ3n) is 1.96. The highest BCUT2D eigenvalue weighted by molar-refractivity contribution is 4.85. The van der Waals surface area contributed by atoms with Crippen LogP contribution in [0.5, 0.6) is 0 Å². The van der Waals surface area contributed by atoms with E-state index in [1.54, 1.807) is 21.3 Å². The van der Waals surface area contributed by atoms with Gasteiger partial charge in [-0.25, -0.2) is 0 Å². The molecular formula is C7H16N6O2. The van der Waals surface area contributed by atoms with Gasteiger partial charge >= 0.3 is 0 Å². The minimum atomic E-state index is -0.446. The maximum Gasteiger partial charge on any atom is 0.176 e. The maximum absolute atomic E-state index is 5.39. The van der Waals surface area contributed by atoms with Crippen LogP contribution < -0.4 is 11.3 Å². The van der Waals surface area contributed by atoms with Crippen LogP contribution in [0.25, 0.3) is 0 Å². The molecule has 1 heterocycles. The molecule has 1 aromatic rings. The maximum atomic E-state index is 5.39. The van der Waals surface area contributed by atoms with Crippen LogP contribution in [0.2, 0.25) is 0 Å². The quantitative estimate of drug-likeness (QED) is 0.329. The van der Waals surface area contributed by atoms with E-state index >= 15 is 0 Å². The van der Waals surface area contributed by atoms with Crippen molar-refractivity contribution in [3.63, 3.8) is 0 Å². The summed E-state index contributed by atoms with van der Waals surface area (Å²) in [5, 5.41) is 11.6. The van der Waals surface area contributed by atoms with Gasteiger partial charge in [-0.3, -0.25) is 11.3 Å². The molecule has 1 rings (SSSR count). The van der Waals surface area contributed by atoms with Crippen molar-refractivity contribution >= 4 is 0 Å². The third kappa shape index (κ3) is 3.20. The number of methoxy groups -OCH3 is 2. The number of hydrazine groups is 1. The molecule has 0 amide bonds. The summed E-state index contributed by atoms with van der Waals surface area (Å²) in [7, 11) is 4.79. The number of ether oxygens (including phenoxy) is 2. The van der Waals surface area contributed by atoms with Gasteiger partial charge in [0.1, 0.15) is 0 Å². The molecule has 1 aromatic heterocycles. The van der Waals surface area contributed by atoms with Crippen molar-refractivity contribution in [2.24, 2.45) is 12.9 Å². The molecular weight excluding hydrogens is 200 g/mol. The van der Waals surface area contributed by atoms with Gasteiger partial charge in [-0.15, -0.1) is 10.2 Å². The SMILES string of the molecule is COC(OC)C(Cc1nnn(C)n1)NN. The van der Waals surface area contributed by atoms with Crippen molar-refractivity contribution in [2.45, 2.75) is 18.8 Å². The average molecular weight is 216 g/mol. The van der Waals surface area contributed by atoms with Gasteiger partial charge in [0.05, 0.1) is 13.1 Å². The summed E-state index contributed by atoms with van der Waals surface area (Å²) in [6, 6.07) is -0.218. The molecule has 0 aliphatic carbocycles. The van der Waals surface area contributed by atoms with E-state index in [0.717, 1.165) is 0 Å². The summed E-state index contributed by atoms with van der Waals surface area (Å²) < 4.78 is 10.2. The molecule has 15 heavy (non-hydrogen) atoms. The number of nitrogens with one attached hydrogen (secondary N) is 1. The summed E-state index contributed by atoms with van der Waals surface area (Å²) in [6.45, 7) is 0. The molecule has 1 unspecified atom stereocenters. The first-order valence-electron chi connectivity index (χ1n) is 4.45. The summed E-state index contributed by atoms with van der Waals surface area (Å²) >= 11 is 0. The van der Waals surface area contributed by atoms with Crippen LogP contribution in [0, 0.1) is 0 Å². The van der Waals surface area contributed by atoms with Crippen molar-refractivity contribution in [2.75, 3.05) is 14.2 Å². The molecule has 8 heteroatoms. The Balaban J connectivity index is 2.60. The van der Waals surface area contributed by atoms with Crippen molar-refractivity contribution in [3.8, 4) is 0 Å². The molecule has 0 fully saturated rings. The second-order valence-electron chi connectivity index (χ2n) is 3.01. The van der Waals surface area contributed by atoms with Crippen molar-refractivity contribution in [1.82, 2.24) is 25.6 Å². The van der Waals surface area contributed by atoms with Gasteiger partial charge in [-0.2, -0.15) is 4.80 Å². The Labute approximate surface area is 87.7 Å². The smallest absolute Gasteiger partial charge is 0.176 e. The molecule has 86 valence electrons. The van der Waals surface area contributed by atoms with Crippen molar-refractivity contribution in [1.29, 1.82) is 0 Å². The number of tetrazole rings is 1. The number of hydrogen-bond acceptors (Lipinski definition) is 7. The Bertz CT molecular complexity index is 287. The highest BCUT2D eigenvalue weighted by atomic mass is 16.7. The van der Waals surface area contributed by atoms with E-state index in [9.17, 15) is 0 Å². The Hall–Kier alpha value is -1.09. The number of aromatic nitrogens is 4. The second-order valence-corrected chi connectivity index (χ2v) is 3.01. The first-order chi connectivity index (χ1) is 7.21. The summed E-state index contributed by atoms with van der Waals surface area (Å²) in [6.07, 6.45) is 0.0373. The minimum absolute atomic E-state index is 0.218. The molecule has 0 saturated carbocycles. The first-order valence-corrected chi connectivity index (χ1v) is 4.45. The van der Waals surface area contributed by atoms with E-state index in [4.69, 9.17) is 15.3 Å². The van der Waals surface area contributed by atoms with Gasteiger partial charge < -0.3 is 9.47 Å². The molecule has 0 aliphatic rings. The van der Waals surface area contributed by atoms with Crippen molar-refractivity contribution < 1.29 is 9.47 Å². The molecule has 0 aliphatic heterocycles. The Morgan fingerprint density at radius 3 is 2.53 bits per heavy atom. The molecule has 0 aromatic carbocycles. The van der Waals surface area contributed by atoms with E-state index in [1.165, 1.54) is 4.80 Å². The Kier molecular flexibility index (Phi) is 4.56. The van der Waals surface area contributed by atoms with Gasteiger partial charge in [-0.1, -0.05) is 0 Å². The van der Waals surface area contributed by atoms with Crippen LogP contribution in [0.15, 0.2) is 0 Å². The number of rotatable bonds is 6. The fourth-order valence-electron chi connectivity index (χ4n) is 1.26. The van der Waals surface area contributed by atoms with Crippen LogP contribution >= 0.6 is 0 Å². The highest BCUT2D eigenvalue weighted by Gasteiger charge is 2.21. The normalized spacial score (nSPS) is 13.4. The van der Waals surface area contributed by atoms with Gasteiger partial charge in [0.25, 0.3) is 0 Å². The molecule has 0 spiro atoms. The Morgan fingerprint density at radius 2 is 2.13 bits per heavy atom. The van der Waals surface area contributed by atoms with Gasteiger partial charge in [0, 0.05) is 20.6 Å². The fraction of sp³-hybridized carbons (Fsp3) is 0.857. The second kappa shape index (κ2) is 5.71. The minimum Gasteiger partial charge on any atom is -0.354 e. The first kappa shape index (κ1) is 12.0. The lowest BCUT2D eigenvalue weighted by Crippen LogP contribution is -2.47. The van der Waals surface area contributed by atoms with Gasteiger partial charge in [0.15, 0.2) is 12.1 Å². The zero-order chi connectivity index (χ0) is 11.3. The predicted molar refractivity (Wildman–Crippen MR) is 51.4 cm³/mol.